The van der Waals surface area contributed by atoms with Gasteiger partial charge in [0.2, 0.25) is 0 Å². The van der Waals surface area contributed by atoms with Crippen molar-refractivity contribution >= 4 is 17.9 Å². The molecule has 2 N–H and O–H groups in total. The van der Waals surface area contributed by atoms with Crippen molar-refractivity contribution < 1.29 is 19.1 Å². The van der Waals surface area contributed by atoms with Gasteiger partial charge in [-0.05, 0) is 31.2 Å². The molecule has 1 aliphatic carbocycles. The number of esters is 1. The molecule has 0 aliphatic heterocycles. The van der Waals surface area contributed by atoms with Crippen molar-refractivity contribution in [1.29, 1.82) is 0 Å². The number of rotatable bonds is 6. The van der Waals surface area contributed by atoms with Gasteiger partial charge in [0, 0.05) is 6.54 Å². The van der Waals surface area contributed by atoms with Crippen LogP contribution in [0, 0.1) is 5.92 Å². The molecule has 1 aromatic rings. The predicted molar refractivity (Wildman–Crippen MR) is 88.9 cm³/mol. The Hall–Kier alpha value is -2.63. The normalized spacial score (nSPS) is 17.1. The standard InChI is InChI=1S/C18H22N2O4/c1-13(24-16(21)11-14-7-5-6-8-14)17(22)20-18(23)19-12-15-9-3-2-4-10-15/h2-5,7,9-10,13-14H,6,8,11-12H2,1H3,(H2,19,20,22,23)/t13-,14-/m1/s1. The first kappa shape index (κ1) is 17.7. The molecule has 2 rings (SSSR count). The summed E-state index contributed by atoms with van der Waals surface area (Å²) in [4.78, 5) is 35.4. The van der Waals surface area contributed by atoms with Crippen LogP contribution in [0.2, 0.25) is 0 Å². The van der Waals surface area contributed by atoms with Gasteiger partial charge in [-0.2, -0.15) is 0 Å². The molecule has 6 heteroatoms. The third-order valence-electron chi connectivity index (χ3n) is 3.75. The van der Waals surface area contributed by atoms with Gasteiger partial charge in [0.25, 0.3) is 5.91 Å². The van der Waals surface area contributed by atoms with Crippen molar-refractivity contribution in [3.05, 3.63) is 48.0 Å². The van der Waals surface area contributed by atoms with Gasteiger partial charge >= 0.3 is 12.0 Å². The quantitative estimate of drug-likeness (QED) is 0.619. The number of hydrogen-bond acceptors (Lipinski definition) is 4. The van der Waals surface area contributed by atoms with E-state index in [9.17, 15) is 14.4 Å². The lowest BCUT2D eigenvalue weighted by Gasteiger charge is -2.14. The number of nitrogens with one attached hydrogen (secondary N) is 2. The van der Waals surface area contributed by atoms with E-state index in [2.05, 4.69) is 10.6 Å². The predicted octanol–water partition coefficient (Wildman–Crippen LogP) is 2.30. The van der Waals surface area contributed by atoms with Crippen LogP contribution in [0.15, 0.2) is 42.5 Å². The van der Waals surface area contributed by atoms with Crippen LogP contribution in [-0.4, -0.2) is 24.0 Å². The largest absolute Gasteiger partial charge is 0.453 e. The highest BCUT2D eigenvalue weighted by Gasteiger charge is 2.22. The number of urea groups is 1. The molecular formula is C18H22N2O4. The minimum absolute atomic E-state index is 0.182. The van der Waals surface area contributed by atoms with E-state index in [0.29, 0.717) is 6.54 Å². The van der Waals surface area contributed by atoms with Crippen molar-refractivity contribution in [1.82, 2.24) is 10.6 Å². The average molecular weight is 330 g/mol. The smallest absolute Gasteiger partial charge is 0.321 e. The van der Waals surface area contributed by atoms with Gasteiger partial charge in [-0.1, -0.05) is 42.5 Å². The molecule has 0 spiro atoms. The molecule has 6 nitrogen and oxygen atoms in total. The maximum Gasteiger partial charge on any atom is 0.321 e. The molecule has 3 amide bonds. The highest BCUT2D eigenvalue weighted by Crippen LogP contribution is 2.20. The number of amides is 3. The van der Waals surface area contributed by atoms with E-state index in [1.807, 2.05) is 42.5 Å². The third-order valence-corrected chi connectivity index (χ3v) is 3.75. The summed E-state index contributed by atoms with van der Waals surface area (Å²) >= 11 is 0. The molecule has 0 fully saturated rings. The summed E-state index contributed by atoms with van der Waals surface area (Å²) in [6.45, 7) is 1.75. The van der Waals surface area contributed by atoms with Gasteiger partial charge in [0.1, 0.15) is 0 Å². The maximum absolute atomic E-state index is 11.9. The van der Waals surface area contributed by atoms with Crippen LogP contribution in [0.5, 0.6) is 0 Å². The topological polar surface area (TPSA) is 84.5 Å². The van der Waals surface area contributed by atoms with Gasteiger partial charge in [-0.3, -0.25) is 14.9 Å². The summed E-state index contributed by atoms with van der Waals surface area (Å²) in [5.74, 6) is -0.892. The number of ether oxygens (including phenoxy) is 1. The Morgan fingerprint density at radius 2 is 2.00 bits per heavy atom. The minimum Gasteiger partial charge on any atom is -0.453 e. The second kappa shape index (κ2) is 8.86. The zero-order valence-electron chi connectivity index (χ0n) is 13.7. The highest BCUT2D eigenvalue weighted by atomic mass is 16.5. The molecule has 1 aromatic carbocycles. The zero-order chi connectivity index (χ0) is 17.4. The van der Waals surface area contributed by atoms with Gasteiger partial charge in [0.05, 0.1) is 6.42 Å². The van der Waals surface area contributed by atoms with Gasteiger partial charge in [0.15, 0.2) is 6.10 Å². The Bertz CT molecular complexity index is 613. The first-order valence-corrected chi connectivity index (χ1v) is 8.03. The zero-order valence-corrected chi connectivity index (χ0v) is 13.7. The fourth-order valence-electron chi connectivity index (χ4n) is 2.41. The molecule has 0 saturated heterocycles. The van der Waals surface area contributed by atoms with E-state index in [1.165, 1.54) is 6.92 Å². The lowest BCUT2D eigenvalue weighted by molar-refractivity contribution is -0.155. The van der Waals surface area contributed by atoms with Crippen LogP contribution >= 0.6 is 0 Å². The molecule has 0 unspecified atom stereocenters. The first-order chi connectivity index (χ1) is 11.5. The van der Waals surface area contributed by atoms with Gasteiger partial charge < -0.3 is 10.1 Å². The third kappa shape index (κ3) is 5.87. The maximum atomic E-state index is 11.9. The van der Waals surface area contributed by atoms with Crippen LogP contribution in [-0.2, 0) is 20.9 Å². The summed E-state index contributed by atoms with van der Waals surface area (Å²) < 4.78 is 5.07. The Kier molecular flexibility index (Phi) is 6.54. The number of imide groups is 1. The molecule has 0 bridgehead atoms. The van der Waals surface area contributed by atoms with E-state index < -0.39 is 24.0 Å². The number of carbonyl (C=O) groups is 3. The summed E-state index contributed by atoms with van der Waals surface area (Å²) in [5, 5.41) is 4.75. The van der Waals surface area contributed by atoms with E-state index in [1.54, 1.807) is 0 Å². The van der Waals surface area contributed by atoms with Crippen LogP contribution in [0.25, 0.3) is 0 Å². The van der Waals surface area contributed by atoms with Crippen molar-refractivity contribution in [3.8, 4) is 0 Å². The lowest BCUT2D eigenvalue weighted by Crippen LogP contribution is -2.44. The number of allylic oxidation sites excluding steroid dienone is 2. The van der Waals surface area contributed by atoms with Crippen molar-refractivity contribution in [2.45, 2.75) is 38.8 Å². The van der Waals surface area contributed by atoms with E-state index in [-0.39, 0.29) is 12.3 Å². The van der Waals surface area contributed by atoms with Crippen molar-refractivity contribution in [2.24, 2.45) is 5.92 Å². The van der Waals surface area contributed by atoms with E-state index in [0.717, 1.165) is 18.4 Å². The Labute approximate surface area is 141 Å². The van der Waals surface area contributed by atoms with E-state index >= 15 is 0 Å². The first-order valence-electron chi connectivity index (χ1n) is 8.03. The SMILES string of the molecule is C[C@@H](OC(=O)C[C@@H]1C=CCC1)C(=O)NC(=O)NCc1ccccc1. The summed E-state index contributed by atoms with van der Waals surface area (Å²) in [5.41, 5.74) is 0.921. The summed E-state index contributed by atoms with van der Waals surface area (Å²) in [7, 11) is 0. The highest BCUT2D eigenvalue weighted by molar-refractivity contribution is 5.97. The van der Waals surface area contributed by atoms with E-state index in [4.69, 9.17) is 4.74 Å². The number of benzene rings is 1. The Morgan fingerprint density at radius 3 is 2.67 bits per heavy atom. The van der Waals surface area contributed by atoms with Crippen molar-refractivity contribution in [3.63, 3.8) is 0 Å². The second-order valence-electron chi connectivity index (χ2n) is 5.76. The fraction of sp³-hybridized carbons (Fsp3) is 0.389. The molecule has 2 atom stereocenters. The molecular weight excluding hydrogens is 308 g/mol. The minimum atomic E-state index is -1.01. The van der Waals surface area contributed by atoms with Crippen LogP contribution in [0.4, 0.5) is 4.79 Å². The van der Waals surface area contributed by atoms with Gasteiger partial charge in [-0.25, -0.2) is 4.79 Å². The number of hydrogen-bond donors (Lipinski definition) is 2. The molecule has 1 aliphatic rings. The average Bonchev–Trinajstić information content (AvgIpc) is 3.06. The summed E-state index contributed by atoms with van der Waals surface area (Å²) in [6, 6.07) is 8.71. The molecule has 0 aromatic heterocycles. The lowest BCUT2D eigenvalue weighted by atomic mass is 10.1. The van der Waals surface area contributed by atoms with Crippen LogP contribution in [0.1, 0.15) is 31.7 Å². The Morgan fingerprint density at radius 1 is 1.25 bits per heavy atom. The second-order valence-corrected chi connectivity index (χ2v) is 5.76. The molecule has 0 heterocycles. The van der Waals surface area contributed by atoms with Crippen LogP contribution in [0.3, 0.4) is 0 Å². The molecule has 0 saturated carbocycles. The van der Waals surface area contributed by atoms with Crippen LogP contribution < -0.4 is 10.6 Å². The number of carbonyl (C=O) groups excluding carboxylic acids is 3. The van der Waals surface area contributed by atoms with Gasteiger partial charge in [-0.15, -0.1) is 0 Å². The summed E-state index contributed by atoms with van der Waals surface area (Å²) in [6.07, 6.45) is 5.17. The fourth-order valence-corrected chi connectivity index (χ4v) is 2.41. The molecule has 128 valence electrons. The monoisotopic (exact) mass is 330 g/mol. The molecule has 24 heavy (non-hydrogen) atoms. The Balaban J connectivity index is 1.69. The van der Waals surface area contributed by atoms with Crippen molar-refractivity contribution in [2.75, 3.05) is 0 Å². The molecule has 0 radical (unpaired) electrons.